The quantitative estimate of drug-likeness (QED) is 0.563. The van der Waals surface area contributed by atoms with E-state index in [1.807, 2.05) is 23.8 Å². The number of hydrogen-bond donors (Lipinski definition) is 0. The molecule has 0 radical (unpaired) electrons. The zero-order valence-electron chi connectivity index (χ0n) is 19.5. The van der Waals surface area contributed by atoms with Crippen molar-refractivity contribution in [3.05, 3.63) is 47.5 Å². The fourth-order valence-corrected chi connectivity index (χ4v) is 4.34. The summed E-state index contributed by atoms with van der Waals surface area (Å²) in [5.74, 6) is 0.640. The number of carbonyl (C=O) groups is 2. The van der Waals surface area contributed by atoms with Gasteiger partial charge in [-0.2, -0.15) is 0 Å². The normalized spacial score (nSPS) is 20.9. The highest BCUT2D eigenvalue weighted by Gasteiger charge is 2.42. The van der Waals surface area contributed by atoms with Gasteiger partial charge in [0.05, 0.1) is 39.1 Å². The van der Waals surface area contributed by atoms with Crippen LogP contribution in [0.1, 0.15) is 18.4 Å². The lowest BCUT2D eigenvalue weighted by Gasteiger charge is -2.43. The van der Waals surface area contributed by atoms with Gasteiger partial charge in [-0.15, -0.1) is 0 Å². The highest BCUT2D eigenvalue weighted by Crippen LogP contribution is 2.27. The molecule has 0 unspecified atom stereocenters. The molecule has 2 aliphatic rings. The summed E-state index contributed by atoms with van der Waals surface area (Å²) in [6.07, 6.45) is 5.70. The summed E-state index contributed by atoms with van der Waals surface area (Å²) >= 11 is 6.14. The Morgan fingerprint density at radius 3 is 2.68 bits per heavy atom. The van der Waals surface area contributed by atoms with Crippen molar-refractivity contribution in [1.29, 1.82) is 0 Å². The first-order valence-electron chi connectivity index (χ1n) is 11.6. The van der Waals surface area contributed by atoms with Crippen LogP contribution in [0.4, 0.5) is 0 Å². The third-order valence-corrected chi connectivity index (χ3v) is 6.64. The van der Waals surface area contributed by atoms with Gasteiger partial charge >= 0.3 is 0 Å². The van der Waals surface area contributed by atoms with Gasteiger partial charge in [-0.25, -0.2) is 4.98 Å². The number of hydrogen-bond acceptors (Lipinski definition) is 6. The molecule has 2 saturated heterocycles. The first-order valence-corrected chi connectivity index (χ1v) is 11.9. The Kier molecular flexibility index (Phi) is 8.07. The van der Waals surface area contributed by atoms with Crippen LogP contribution < -0.4 is 4.74 Å². The molecule has 0 spiro atoms. The molecule has 0 bridgehead atoms. The van der Waals surface area contributed by atoms with Crippen LogP contribution in [0.3, 0.4) is 0 Å². The van der Waals surface area contributed by atoms with Gasteiger partial charge in [0.25, 0.3) is 0 Å². The summed E-state index contributed by atoms with van der Waals surface area (Å²) in [5, 5.41) is 0.660. The minimum Gasteiger partial charge on any atom is -0.490 e. The molecule has 9 nitrogen and oxygen atoms in total. The van der Waals surface area contributed by atoms with Crippen molar-refractivity contribution in [2.75, 3.05) is 52.6 Å². The maximum absolute atomic E-state index is 13.1. The maximum Gasteiger partial charge on any atom is 0.225 e. The minimum absolute atomic E-state index is 0.0162. The number of carbonyl (C=O) groups excluding carboxylic acids is 2. The van der Waals surface area contributed by atoms with Gasteiger partial charge in [0.2, 0.25) is 11.8 Å². The Hall–Kier alpha value is -2.62. The molecule has 0 N–H and O–H groups in total. The summed E-state index contributed by atoms with van der Waals surface area (Å²) < 4.78 is 19.5. The lowest BCUT2D eigenvalue weighted by Crippen LogP contribution is -2.58. The predicted octanol–water partition coefficient (Wildman–Crippen LogP) is 2.16. The molecular weight excluding hydrogens is 460 g/mol. The second kappa shape index (κ2) is 11.2. The van der Waals surface area contributed by atoms with Crippen molar-refractivity contribution in [3.8, 4) is 5.75 Å². The van der Waals surface area contributed by atoms with E-state index in [0.29, 0.717) is 69.7 Å². The molecule has 4 rings (SSSR count). The highest BCUT2D eigenvalue weighted by atomic mass is 35.5. The molecule has 2 fully saturated rings. The highest BCUT2D eigenvalue weighted by molar-refractivity contribution is 6.31. The van der Waals surface area contributed by atoms with Crippen molar-refractivity contribution in [1.82, 2.24) is 19.4 Å². The largest absolute Gasteiger partial charge is 0.490 e. The number of morpholine rings is 2. The van der Waals surface area contributed by atoms with Crippen LogP contribution in [0, 0.1) is 6.92 Å². The Labute approximate surface area is 204 Å². The molecule has 3 heterocycles. The van der Waals surface area contributed by atoms with Crippen molar-refractivity contribution in [3.63, 3.8) is 0 Å². The fraction of sp³-hybridized carbons (Fsp3) is 0.542. The number of rotatable bonds is 8. The summed E-state index contributed by atoms with van der Waals surface area (Å²) in [4.78, 5) is 33.7. The molecule has 1 aromatic heterocycles. The second-order valence-electron chi connectivity index (χ2n) is 8.77. The number of aromatic nitrogens is 2. The smallest absolute Gasteiger partial charge is 0.225 e. The number of halogens is 1. The lowest BCUT2D eigenvalue weighted by atomic mass is 9.96. The molecular formula is C24H31ClN4O5. The zero-order chi connectivity index (χ0) is 24.0. The van der Waals surface area contributed by atoms with E-state index >= 15 is 0 Å². The standard InChI is InChI=1S/C24H31ClN4O5/c1-19-14-20(2-3-21(19)25)33-17-24(15-23(31)28-8-11-32-12-9-28)16-29(10-13-34-24)22(30)4-6-27-7-5-26-18-27/h2-3,5,7,14,18H,4,6,8-13,15-17H2,1H3/t24-/m0/s1. The third kappa shape index (κ3) is 6.28. The molecule has 2 aliphatic heterocycles. The number of nitrogens with zero attached hydrogens (tertiary/aromatic N) is 4. The molecule has 2 amide bonds. The molecule has 1 aromatic carbocycles. The summed E-state index contributed by atoms with van der Waals surface area (Å²) in [5.41, 5.74) is -0.0373. The Balaban J connectivity index is 1.46. The molecule has 0 saturated carbocycles. The van der Waals surface area contributed by atoms with Crippen LogP contribution in [0.25, 0.3) is 0 Å². The SMILES string of the molecule is Cc1cc(OC[C@]2(CC(=O)N3CCOCC3)CN(C(=O)CCn3ccnc3)CCO2)ccc1Cl. The van der Waals surface area contributed by atoms with Crippen LogP contribution in [0.5, 0.6) is 5.75 Å². The number of amides is 2. The van der Waals surface area contributed by atoms with Crippen molar-refractivity contribution >= 4 is 23.4 Å². The van der Waals surface area contributed by atoms with Gasteiger partial charge in [-0.1, -0.05) is 11.6 Å². The minimum atomic E-state index is -0.939. The molecule has 184 valence electrons. The van der Waals surface area contributed by atoms with E-state index in [1.165, 1.54) is 0 Å². The van der Waals surface area contributed by atoms with E-state index in [0.717, 1.165) is 5.56 Å². The van der Waals surface area contributed by atoms with E-state index in [1.54, 1.807) is 34.5 Å². The fourth-order valence-electron chi connectivity index (χ4n) is 4.23. The predicted molar refractivity (Wildman–Crippen MR) is 126 cm³/mol. The monoisotopic (exact) mass is 490 g/mol. The van der Waals surface area contributed by atoms with Gasteiger partial charge < -0.3 is 28.6 Å². The van der Waals surface area contributed by atoms with E-state index in [4.69, 9.17) is 25.8 Å². The van der Waals surface area contributed by atoms with Crippen molar-refractivity contribution in [2.24, 2.45) is 0 Å². The average molecular weight is 491 g/mol. The molecule has 1 atom stereocenters. The molecule has 10 heteroatoms. The van der Waals surface area contributed by atoms with Crippen LogP contribution in [0.2, 0.25) is 5.02 Å². The van der Waals surface area contributed by atoms with Crippen LogP contribution >= 0.6 is 11.6 Å². The van der Waals surface area contributed by atoms with E-state index in [-0.39, 0.29) is 24.8 Å². The van der Waals surface area contributed by atoms with E-state index in [9.17, 15) is 9.59 Å². The first-order chi connectivity index (χ1) is 16.4. The Bertz CT molecular complexity index is 980. The number of benzene rings is 1. The third-order valence-electron chi connectivity index (χ3n) is 6.21. The average Bonchev–Trinajstić information content (AvgIpc) is 3.38. The van der Waals surface area contributed by atoms with Gasteiger partial charge in [0.15, 0.2) is 0 Å². The van der Waals surface area contributed by atoms with Crippen molar-refractivity contribution in [2.45, 2.75) is 31.9 Å². The molecule has 2 aromatic rings. The van der Waals surface area contributed by atoms with Crippen LogP contribution in [-0.4, -0.2) is 89.4 Å². The van der Waals surface area contributed by atoms with Crippen molar-refractivity contribution < 1.29 is 23.8 Å². The summed E-state index contributed by atoms with van der Waals surface area (Å²) in [6, 6.07) is 5.44. The van der Waals surface area contributed by atoms with Gasteiger partial charge in [-0.05, 0) is 30.7 Å². The topological polar surface area (TPSA) is 86.1 Å². The van der Waals surface area contributed by atoms with Crippen LogP contribution in [-0.2, 0) is 25.6 Å². The Morgan fingerprint density at radius 2 is 1.94 bits per heavy atom. The molecule has 0 aliphatic carbocycles. The van der Waals surface area contributed by atoms with E-state index < -0.39 is 5.60 Å². The van der Waals surface area contributed by atoms with Gasteiger partial charge in [-0.3, -0.25) is 9.59 Å². The number of imidazole rings is 1. The van der Waals surface area contributed by atoms with Gasteiger partial charge in [0, 0.05) is 50.0 Å². The maximum atomic E-state index is 13.1. The summed E-state index contributed by atoms with van der Waals surface area (Å²) in [7, 11) is 0. The summed E-state index contributed by atoms with van der Waals surface area (Å²) in [6.45, 7) is 5.89. The number of ether oxygens (including phenoxy) is 3. The first kappa shape index (κ1) is 24.5. The number of aryl methyl sites for hydroxylation is 2. The zero-order valence-corrected chi connectivity index (χ0v) is 20.2. The van der Waals surface area contributed by atoms with E-state index in [2.05, 4.69) is 4.98 Å². The van der Waals surface area contributed by atoms with Crippen LogP contribution in [0.15, 0.2) is 36.9 Å². The van der Waals surface area contributed by atoms with Gasteiger partial charge in [0.1, 0.15) is 18.0 Å². The molecule has 34 heavy (non-hydrogen) atoms. The Morgan fingerprint density at radius 1 is 1.15 bits per heavy atom. The lowest BCUT2D eigenvalue weighted by molar-refractivity contribution is -0.167. The second-order valence-corrected chi connectivity index (χ2v) is 9.17.